The molecule has 1 saturated heterocycles. The first-order valence-electron chi connectivity index (χ1n) is 10.0. The number of hydrogen-bond donors (Lipinski definition) is 1. The Hall–Kier alpha value is -2.36. The molecule has 1 unspecified atom stereocenters. The van der Waals surface area contributed by atoms with E-state index in [2.05, 4.69) is 38.0 Å². The molecular weight excluding hydrogens is 418 g/mol. The number of aromatic nitrogens is 3. The number of morpholine rings is 1. The molecule has 0 saturated carbocycles. The van der Waals surface area contributed by atoms with Crippen LogP contribution < -0.4 is 10.2 Å². The first-order chi connectivity index (χ1) is 14.8. The number of rotatable bonds is 8. The predicted molar refractivity (Wildman–Crippen MR) is 120 cm³/mol. The summed E-state index contributed by atoms with van der Waals surface area (Å²) >= 11 is 3.07. The van der Waals surface area contributed by atoms with E-state index in [1.807, 2.05) is 41.8 Å². The number of nitrogens with one attached hydrogen (secondary N) is 1. The van der Waals surface area contributed by atoms with Crippen molar-refractivity contribution >= 4 is 35.0 Å². The van der Waals surface area contributed by atoms with E-state index in [0.29, 0.717) is 13.2 Å². The van der Waals surface area contributed by atoms with Crippen molar-refractivity contribution in [3.05, 3.63) is 58.3 Å². The van der Waals surface area contributed by atoms with Crippen LogP contribution in [0.2, 0.25) is 0 Å². The highest BCUT2D eigenvalue weighted by molar-refractivity contribution is 7.99. The van der Waals surface area contributed by atoms with Crippen LogP contribution in [0.15, 0.2) is 53.0 Å². The molecule has 3 aromatic rings. The molecule has 1 N–H and O–H groups in total. The standard InChI is InChI=1S/C21H25N5O2S2/c1-2-26-20(25-10-12-28-13-11-25)23-24-21(26)30-15-18(27)22-19(17-9-6-14-29-17)16-7-4-3-5-8-16/h3-9,14,19H,2,10-13,15H2,1H3,(H,22,27). The maximum absolute atomic E-state index is 12.8. The largest absolute Gasteiger partial charge is 0.378 e. The van der Waals surface area contributed by atoms with Crippen LogP contribution in [0.5, 0.6) is 0 Å². The topological polar surface area (TPSA) is 72.3 Å². The van der Waals surface area contributed by atoms with Crippen molar-refractivity contribution in [3.8, 4) is 0 Å². The Balaban J connectivity index is 1.42. The number of carbonyl (C=O) groups is 1. The van der Waals surface area contributed by atoms with E-state index in [4.69, 9.17) is 4.74 Å². The lowest BCUT2D eigenvalue weighted by molar-refractivity contribution is -0.119. The van der Waals surface area contributed by atoms with Gasteiger partial charge in [0.1, 0.15) is 0 Å². The summed E-state index contributed by atoms with van der Waals surface area (Å²) in [6, 6.07) is 14.0. The second kappa shape index (κ2) is 10.1. The van der Waals surface area contributed by atoms with Crippen LogP contribution in [0.3, 0.4) is 0 Å². The Morgan fingerprint density at radius 2 is 2.00 bits per heavy atom. The quantitative estimate of drug-likeness (QED) is 0.539. The van der Waals surface area contributed by atoms with Crippen molar-refractivity contribution in [1.82, 2.24) is 20.1 Å². The molecular formula is C21H25N5O2S2. The van der Waals surface area contributed by atoms with E-state index in [0.717, 1.165) is 41.2 Å². The minimum absolute atomic E-state index is 0.0270. The van der Waals surface area contributed by atoms with Crippen molar-refractivity contribution in [2.75, 3.05) is 37.0 Å². The van der Waals surface area contributed by atoms with Gasteiger partial charge in [0.2, 0.25) is 11.9 Å². The lowest BCUT2D eigenvalue weighted by Gasteiger charge is -2.27. The molecule has 1 aromatic carbocycles. The van der Waals surface area contributed by atoms with Crippen LogP contribution in [0.1, 0.15) is 23.4 Å². The van der Waals surface area contributed by atoms with Gasteiger partial charge < -0.3 is 15.0 Å². The summed E-state index contributed by atoms with van der Waals surface area (Å²) in [5, 5.41) is 14.7. The first kappa shape index (κ1) is 20.9. The zero-order chi connectivity index (χ0) is 20.8. The smallest absolute Gasteiger partial charge is 0.231 e. The van der Waals surface area contributed by atoms with Crippen molar-refractivity contribution in [2.24, 2.45) is 0 Å². The highest BCUT2D eigenvalue weighted by atomic mass is 32.2. The lowest BCUT2D eigenvalue weighted by atomic mass is 10.1. The zero-order valence-corrected chi connectivity index (χ0v) is 18.5. The molecule has 30 heavy (non-hydrogen) atoms. The molecule has 9 heteroatoms. The molecule has 1 fully saturated rings. The number of ether oxygens (including phenoxy) is 1. The molecule has 0 spiro atoms. The second-order valence-electron chi connectivity index (χ2n) is 6.84. The number of benzene rings is 1. The van der Waals surface area contributed by atoms with Gasteiger partial charge in [-0.05, 0) is 23.9 Å². The fourth-order valence-electron chi connectivity index (χ4n) is 3.41. The van der Waals surface area contributed by atoms with E-state index in [9.17, 15) is 4.79 Å². The summed E-state index contributed by atoms with van der Waals surface area (Å²) in [5.41, 5.74) is 1.07. The number of carbonyl (C=O) groups excluding carboxylic acids is 1. The van der Waals surface area contributed by atoms with Gasteiger partial charge in [-0.1, -0.05) is 48.2 Å². The minimum Gasteiger partial charge on any atom is -0.378 e. The summed E-state index contributed by atoms with van der Waals surface area (Å²) in [7, 11) is 0. The Morgan fingerprint density at radius 3 is 2.70 bits per heavy atom. The highest BCUT2D eigenvalue weighted by Crippen LogP contribution is 2.27. The average Bonchev–Trinajstić information content (AvgIpc) is 3.47. The molecule has 3 heterocycles. The molecule has 0 bridgehead atoms. The van der Waals surface area contributed by atoms with Gasteiger partial charge in [-0.2, -0.15) is 0 Å². The van der Waals surface area contributed by atoms with Gasteiger partial charge in [0.25, 0.3) is 0 Å². The van der Waals surface area contributed by atoms with Crippen LogP contribution in [-0.4, -0.2) is 52.7 Å². The Kier molecular flexibility index (Phi) is 7.03. The Morgan fingerprint density at radius 1 is 1.20 bits per heavy atom. The third-order valence-electron chi connectivity index (χ3n) is 4.91. The second-order valence-corrected chi connectivity index (χ2v) is 8.76. The summed E-state index contributed by atoms with van der Waals surface area (Å²) < 4.78 is 7.49. The van der Waals surface area contributed by atoms with Crippen LogP contribution in [0, 0.1) is 0 Å². The van der Waals surface area contributed by atoms with Gasteiger partial charge in [-0.15, -0.1) is 21.5 Å². The normalized spacial score (nSPS) is 15.2. The number of hydrogen-bond acceptors (Lipinski definition) is 7. The van der Waals surface area contributed by atoms with E-state index >= 15 is 0 Å². The van der Waals surface area contributed by atoms with Crippen molar-refractivity contribution in [2.45, 2.75) is 24.7 Å². The van der Waals surface area contributed by atoms with Gasteiger partial charge in [-0.25, -0.2) is 0 Å². The van der Waals surface area contributed by atoms with Gasteiger partial charge >= 0.3 is 0 Å². The Bertz CT molecular complexity index is 940. The lowest BCUT2D eigenvalue weighted by Crippen LogP contribution is -2.38. The van der Waals surface area contributed by atoms with Crippen LogP contribution >= 0.6 is 23.1 Å². The fraction of sp³-hybridized carbons (Fsp3) is 0.381. The van der Waals surface area contributed by atoms with E-state index in [-0.39, 0.29) is 17.7 Å². The maximum Gasteiger partial charge on any atom is 0.231 e. The van der Waals surface area contributed by atoms with E-state index in [1.54, 1.807) is 11.3 Å². The maximum atomic E-state index is 12.8. The van der Waals surface area contributed by atoms with Crippen LogP contribution in [0.25, 0.3) is 0 Å². The molecule has 4 rings (SSSR count). The van der Waals surface area contributed by atoms with Crippen LogP contribution in [0.4, 0.5) is 5.95 Å². The first-order valence-corrected chi connectivity index (χ1v) is 11.9. The molecule has 0 radical (unpaired) electrons. The third-order valence-corrected chi connectivity index (χ3v) is 6.81. The molecule has 158 valence electrons. The zero-order valence-electron chi connectivity index (χ0n) is 16.9. The van der Waals surface area contributed by atoms with Gasteiger partial charge in [-0.3, -0.25) is 9.36 Å². The predicted octanol–water partition coefficient (Wildman–Crippen LogP) is 3.19. The van der Waals surface area contributed by atoms with E-state index < -0.39 is 0 Å². The molecule has 2 aromatic heterocycles. The molecule has 1 aliphatic heterocycles. The third kappa shape index (κ3) is 4.85. The van der Waals surface area contributed by atoms with E-state index in [1.165, 1.54) is 11.8 Å². The molecule has 7 nitrogen and oxygen atoms in total. The van der Waals surface area contributed by atoms with Gasteiger partial charge in [0, 0.05) is 24.5 Å². The number of amides is 1. The summed E-state index contributed by atoms with van der Waals surface area (Å²) in [5.74, 6) is 1.11. The summed E-state index contributed by atoms with van der Waals surface area (Å²) in [6.45, 7) is 5.84. The number of anilines is 1. The molecule has 1 amide bonds. The average molecular weight is 444 g/mol. The number of nitrogens with zero attached hydrogens (tertiary/aromatic N) is 4. The molecule has 1 atom stereocenters. The Labute approximate surface area is 184 Å². The molecule has 0 aliphatic carbocycles. The highest BCUT2D eigenvalue weighted by Gasteiger charge is 2.22. The molecule has 1 aliphatic rings. The van der Waals surface area contributed by atoms with Crippen molar-refractivity contribution < 1.29 is 9.53 Å². The van der Waals surface area contributed by atoms with Crippen molar-refractivity contribution in [3.63, 3.8) is 0 Å². The summed E-state index contributed by atoms with van der Waals surface area (Å²) in [6.07, 6.45) is 0. The fourth-order valence-corrected chi connectivity index (χ4v) is 5.03. The van der Waals surface area contributed by atoms with Gasteiger partial charge in [0.15, 0.2) is 5.16 Å². The summed E-state index contributed by atoms with van der Waals surface area (Å²) in [4.78, 5) is 16.1. The van der Waals surface area contributed by atoms with Gasteiger partial charge in [0.05, 0.1) is 25.0 Å². The van der Waals surface area contributed by atoms with Crippen molar-refractivity contribution in [1.29, 1.82) is 0 Å². The number of thiophene rings is 1. The number of thioether (sulfide) groups is 1. The monoisotopic (exact) mass is 443 g/mol. The van der Waals surface area contributed by atoms with Crippen LogP contribution in [-0.2, 0) is 16.1 Å². The SMILES string of the molecule is CCn1c(SCC(=O)NC(c2ccccc2)c2cccs2)nnc1N1CCOCC1. The minimum atomic E-state index is -0.146.